The monoisotopic (exact) mass is 335 g/mol. The molecule has 1 amide bonds. The Bertz CT molecular complexity index is 608. The molecule has 0 fully saturated rings. The van der Waals surface area contributed by atoms with Crippen LogP contribution in [0.2, 0.25) is 5.02 Å². The molecule has 5 heteroatoms. The molecule has 2 rings (SSSR count). The molecule has 0 spiro atoms. The van der Waals surface area contributed by atoms with Crippen molar-refractivity contribution in [3.8, 4) is 0 Å². The Balaban J connectivity index is 1.60. The molecule has 2 aromatic rings. The molecule has 1 aromatic carbocycles. The third-order valence-electron chi connectivity index (χ3n) is 3.25. The molecule has 0 bridgehead atoms. The SMILES string of the molecule is O=C(CCCC(=O)c1cccs1)NCCc1ccc(Cl)cc1. The average molecular weight is 336 g/mol. The zero-order valence-electron chi connectivity index (χ0n) is 12.2. The van der Waals surface area contributed by atoms with Crippen LogP contribution in [0.3, 0.4) is 0 Å². The summed E-state index contributed by atoms with van der Waals surface area (Å²) in [5.74, 6) is 0.108. The van der Waals surface area contributed by atoms with E-state index in [-0.39, 0.29) is 11.7 Å². The van der Waals surface area contributed by atoms with Crippen molar-refractivity contribution in [3.05, 3.63) is 57.2 Å². The minimum absolute atomic E-state index is 0.00653. The average Bonchev–Trinajstić information content (AvgIpc) is 3.03. The van der Waals surface area contributed by atoms with Crippen LogP contribution in [0.5, 0.6) is 0 Å². The van der Waals surface area contributed by atoms with Gasteiger partial charge in [-0.2, -0.15) is 0 Å². The van der Waals surface area contributed by atoms with Gasteiger partial charge in [0.1, 0.15) is 0 Å². The summed E-state index contributed by atoms with van der Waals surface area (Å²) < 4.78 is 0. The largest absolute Gasteiger partial charge is 0.356 e. The van der Waals surface area contributed by atoms with Gasteiger partial charge < -0.3 is 5.32 Å². The predicted octanol–water partition coefficient (Wildman–Crippen LogP) is 4.11. The van der Waals surface area contributed by atoms with E-state index in [1.165, 1.54) is 11.3 Å². The third-order valence-corrected chi connectivity index (χ3v) is 4.42. The second-order valence-corrected chi connectivity index (χ2v) is 6.36. The lowest BCUT2D eigenvalue weighted by Crippen LogP contribution is -2.25. The molecule has 0 saturated heterocycles. The number of amides is 1. The van der Waals surface area contributed by atoms with E-state index in [1.54, 1.807) is 0 Å². The first-order valence-corrected chi connectivity index (χ1v) is 8.49. The smallest absolute Gasteiger partial charge is 0.220 e. The van der Waals surface area contributed by atoms with Crippen molar-refractivity contribution in [2.45, 2.75) is 25.7 Å². The number of nitrogens with one attached hydrogen (secondary N) is 1. The molecular formula is C17H18ClNO2S. The van der Waals surface area contributed by atoms with E-state index in [0.717, 1.165) is 16.9 Å². The number of ketones is 1. The van der Waals surface area contributed by atoms with Crippen molar-refractivity contribution in [1.82, 2.24) is 5.32 Å². The number of hydrogen-bond acceptors (Lipinski definition) is 3. The van der Waals surface area contributed by atoms with Gasteiger partial charge in [0.2, 0.25) is 5.91 Å². The summed E-state index contributed by atoms with van der Waals surface area (Å²) in [5, 5.41) is 5.47. The van der Waals surface area contributed by atoms with Gasteiger partial charge in [0, 0.05) is 24.4 Å². The Morgan fingerprint density at radius 3 is 2.55 bits per heavy atom. The van der Waals surface area contributed by atoms with E-state index in [9.17, 15) is 9.59 Å². The van der Waals surface area contributed by atoms with Gasteiger partial charge >= 0.3 is 0 Å². The maximum atomic E-state index is 11.8. The van der Waals surface area contributed by atoms with Gasteiger partial charge in [-0.3, -0.25) is 9.59 Å². The maximum absolute atomic E-state index is 11.8. The topological polar surface area (TPSA) is 46.2 Å². The molecule has 116 valence electrons. The first kappa shape index (κ1) is 16.7. The minimum atomic E-state index is -0.00653. The highest BCUT2D eigenvalue weighted by molar-refractivity contribution is 7.12. The molecule has 0 unspecified atom stereocenters. The predicted molar refractivity (Wildman–Crippen MR) is 90.7 cm³/mol. The quantitative estimate of drug-likeness (QED) is 0.738. The van der Waals surface area contributed by atoms with Crippen molar-refractivity contribution in [1.29, 1.82) is 0 Å². The summed E-state index contributed by atoms with van der Waals surface area (Å²) in [7, 11) is 0. The number of carbonyl (C=O) groups excluding carboxylic acids is 2. The Morgan fingerprint density at radius 1 is 1.09 bits per heavy atom. The highest BCUT2D eigenvalue weighted by atomic mass is 35.5. The van der Waals surface area contributed by atoms with E-state index >= 15 is 0 Å². The fourth-order valence-electron chi connectivity index (χ4n) is 2.06. The van der Waals surface area contributed by atoms with Crippen LogP contribution < -0.4 is 5.32 Å². The molecule has 1 aromatic heterocycles. The Kier molecular flexibility index (Phi) is 6.62. The first-order chi connectivity index (χ1) is 10.6. The van der Waals surface area contributed by atoms with Crippen molar-refractivity contribution in [2.24, 2.45) is 0 Å². The molecule has 1 heterocycles. The van der Waals surface area contributed by atoms with E-state index in [0.29, 0.717) is 30.8 Å². The summed E-state index contributed by atoms with van der Waals surface area (Å²) >= 11 is 7.26. The van der Waals surface area contributed by atoms with Crippen LogP contribution in [0.4, 0.5) is 0 Å². The van der Waals surface area contributed by atoms with Gasteiger partial charge in [0.25, 0.3) is 0 Å². The fourth-order valence-corrected chi connectivity index (χ4v) is 2.88. The van der Waals surface area contributed by atoms with Crippen LogP contribution in [0, 0.1) is 0 Å². The lowest BCUT2D eigenvalue weighted by molar-refractivity contribution is -0.121. The molecule has 0 aliphatic rings. The summed E-state index contributed by atoms with van der Waals surface area (Å²) in [6, 6.07) is 11.3. The number of halogens is 1. The van der Waals surface area contributed by atoms with Crippen molar-refractivity contribution >= 4 is 34.6 Å². The van der Waals surface area contributed by atoms with Crippen LogP contribution >= 0.6 is 22.9 Å². The second-order valence-electron chi connectivity index (χ2n) is 4.98. The Morgan fingerprint density at radius 2 is 1.86 bits per heavy atom. The van der Waals surface area contributed by atoms with Crippen LogP contribution in [-0.2, 0) is 11.2 Å². The van der Waals surface area contributed by atoms with E-state index in [4.69, 9.17) is 11.6 Å². The van der Waals surface area contributed by atoms with Gasteiger partial charge in [-0.1, -0.05) is 29.8 Å². The summed E-state index contributed by atoms with van der Waals surface area (Å²) in [6.45, 7) is 0.597. The van der Waals surface area contributed by atoms with Crippen molar-refractivity contribution in [3.63, 3.8) is 0 Å². The zero-order chi connectivity index (χ0) is 15.8. The lowest BCUT2D eigenvalue weighted by Gasteiger charge is -2.05. The molecule has 3 nitrogen and oxygen atoms in total. The number of carbonyl (C=O) groups is 2. The summed E-state index contributed by atoms with van der Waals surface area (Å²) in [4.78, 5) is 24.3. The van der Waals surface area contributed by atoms with Gasteiger partial charge in [0.15, 0.2) is 5.78 Å². The number of Topliss-reactive ketones (excluding diaryl/α,β-unsaturated/α-hetero) is 1. The number of benzene rings is 1. The number of thiophene rings is 1. The maximum Gasteiger partial charge on any atom is 0.220 e. The summed E-state index contributed by atoms with van der Waals surface area (Å²) in [6.07, 6.45) is 2.17. The highest BCUT2D eigenvalue weighted by Gasteiger charge is 2.08. The highest BCUT2D eigenvalue weighted by Crippen LogP contribution is 2.13. The van der Waals surface area contributed by atoms with E-state index in [2.05, 4.69) is 5.32 Å². The van der Waals surface area contributed by atoms with Crippen molar-refractivity contribution < 1.29 is 9.59 Å². The van der Waals surface area contributed by atoms with Crippen molar-refractivity contribution in [2.75, 3.05) is 6.54 Å². The Hall–Kier alpha value is -1.65. The van der Waals surface area contributed by atoms with Crippen LogP contribution in [0.15, 0.2) is 41.8 Å². The van der Waals surface area contributed by atoms with Crippen LogP contribution in [-0.4, -0.2) is 18.2 Å². The molecular weight excluding hydrogens is 318 g/mol. The molecule has 0 aliphatic carbocycles. The molecule has 0 aliphatic heterocycles. The van der Waals surface area contributed by atoms with Crippen LogP contribution in [0.25, 0.3) is 0 Å². The molecule has 0 saturated carbocycles. The molecule has 22 heavy (non-hydrogen) atoms. The van der Waals surface area contributed by atoms with E-state index < -0.39 is 0 Å². The van der Waals surface area contributed by atoms with Crippen LogP contribution in [0.1, 0.15) is 34.5 Å². The van der Waals surface area contributed by atoms with Gasteiger partial charge in [-0.15, -0.1) is 11.3 Å². The number of rotatable bonds is 8. The normalized spacial score (nSPS) is 10.4. The summed E-state index contributed by atoms with van der Waals surface area (Å²) in [5.41, 5.74) is 1.14. The number of hydrogen-bond donors (Lipinski definition) is 1. The zero-order valence-corrected chi connectivity index (χ0v) is 13.8. The van der Waals surface area contributed by atoms with Gasteiger partial charge in [-0.25, -0.2) is 0 Å². The van der Waals surface area contributed by atoms with E-state index in [1.807, 2.05) is 41.8 Å². The van der Waals surface area contributed by atoms with Gasteiger partial charge in [-0.05, 0) is 42.0 Å². The fraction of sp³-hybridized carbons (Fsp3) is 0.294. The first-order valence-electron chi connectivity index (χ1n) is 7.23. The molecule has 0 radical (unpaired) electrons. The molecule has 0 atom stereocenters. The second kappa shape index (κ2) is 8.71. The Labute approximate surface area is 139 Å². The standard InChI is InChI=1S/C17H18ClNO2S/c18-14-8-6-13(7-9-14)10-11-19-17(21)5-1-3-15(20)16-4-2-12-22-16/h2,4,6-9,12H,1,3,5,10-11H2,(H,19,21). The lowest BCUT2D eigenvalue weighted by atomic mass is 10.1. The third kappa shape index (κ3) is 5.62. The molecule has 1 N–H and O–H groups in total. The minimum Gasteiger partial charge on any atom is -0.356 e. The van der Waals surface area contributed by atoms with Gasteiger partial charge in [0.05, 0.1) is 4.88 Å².